The minimum Gasteiger partial charge on any atom is -0.310 e. The fraction of sp³-hybridized carbons (Fsp3) is 0.471. The van der Waals surface area contributed by atoms with E-state index < -0.39 is 0 Å². The van der Waals surface area contributed by atoms with Crippen molar-refractivity contribution in [2.75, 3.05) is 6.54 Å². The molecule has 2 atom stereocenters. The molecule has 2 aromatic rings. The van der Waals surface area contributed by atoms with Crippen molar-refractivity contribution in [3.05, 3.63) is 42.1 Å². The van der Waals surface area contributed by atoms with E-state index >= 15 is 0 Å². The molecule has 1 aromatic carbocycles. The van der Waals surface area contributed by atoms with Crippen LogP contribution in [0.1, 0.15) is 45.2 Å². The maximum Gasteiger partial charge on any atom is 0.0749 e. The van der Waals surface area contributed by atoms with Crippen LogP contribution in [0.4, 0.5) is 0 Å². The molecule has 0 saturated heterocycles. The van der Waals surface area contributed by atoms with Crippen LogP contribution in [-0.2, 0) is 0 Å². The van der Waals surface area contributed by atoms with Gasteiger partial charge in [0.15, 0.2) is 0 Å². The molecular weight excluding hydrogens is 232 g/mol. The topological polar surface area (TPSA) is 24.9 Å². The molecule has 1 aromatic heterocycles. The lowest BCUT2D eigenvalue weighted by Gasteiger charge is -2.26. The number of fused-ring (bicyclic) bond motifs is 1. The van der Waals surface area contributed by atoms with Crippen molar-refractivity contribution >= 4 is 10.9 Å². The van der Waals surface area contributed by atoms with Gasteiger partial charge in [0.05, 0.1) is 5.52 Å². The Hall–Kier alpha value is -1.41. The quantitative estimate of drug-likeness (QED) is 0.832. The highest BCUT2D eigenvalue weighted by atomic mass is 14.9. The van der Waals surface area contributed by atoms with Crippen molar-refractivity contribution in [2.24, 2.45) is 5.92 Å². The maximum atomic E-state index is 4.59. The molecule has 0 fully saturated rings. The SMILES string of the molecule is CCCC(C)C(NCC)c1cccc2cccnc12. The third kappa shape index (κ3) is 3.13. The summed E-state index contributed by atoms with van der Waals surface area (Å²) in [4.78, 5) is 4.59. The van der Waals surface area contributed by atoms with Gasteiger partial charge in [-0.1, -0.05) is 51.5 Å². The monoisotopic (exact) mass is 256 g/mol. The minimum atomic E-state index is 0.392. The van der Waals surface area contributed by atoms with Gasteiger partial charge < -0.3 is 5.32 Å². The molecule has 0 aliphatic carbocycles. The van der Waals surface area contributed by atoms with E-state index in [4.69, 9.17) is 0 Å². The Kier molecular flexibility index (Phi) is 4.92. The molecule has 0 bridgehead atoms. The van der Waals surface area contributed by atoms with Crippen molar-refractivity contribution < 1.29 is 0 Å². The van der Waals surface area contributed by atoms with Gasteiger partial charge >= 0.3 is 0 Å². The van der Waals surface area contributed by atoms with Crippen molar-refractivity contribution in [1.82, 2.24) is 10.3 Å². The highest BCUT2D eigenvalue weighted by Gasteiger charge is 2.20. The zero-order valence-corrected chi connectivity index (χ0v) is 12.2. The third-order valence-corrected chi connectivity index (χ3v) is 3.74. The zero-order chi connectivity index (χ0) is 13.7. The summed E-state index contributed by atoms with van der Waals surface area (Å²) in [6.07, 6.45) is 4.35. The summed E-state index contributed by atoms with van der Waals surface area (Å²) in [5.74, 6) is 0.623. The first-order valence-corrected chi connectivity index (χ1v) is 7.35. The van der Waals surface area contributed by atoms with Gasteiger partial charge in [-0.3, -0.25) is 4.98 Å². The first-order valence-electron chi connectivity index (χ1n) is 7.35. The number of hydrogen-bond acceptors (Lipinski definition) is 2. The zero-order valence-electron chi connectivity index (χ0n) is 12.2. The van der Waals surface area contributed by atoms with Crippen molar-refractivity contribution in [3.63, 3.8) is 0 Å². The van der Waals surface area contributed by atoms with Crippen LogP contribution in [0, 0.1) is 5.92 Å². The Morgan fingerprint density at radius 2 is 1.95 bits per heavy atom. The first-order chi connectivity index (χ1) is 9.27. The van der Waals surface area contributed by atoms with Gasteiger partial charge in [0.25, 0.3) is 0 Å². The maximum absolute atomic E-state index is 4.59. The van der Waals surface area contributed by atoms with Crippen LogP contribution in [0.3, 0.4) is 0 Å². The summed E-state index contributed by atoms with van der Waals surface area (Å²) in [5, 5.41) is 4.86. The Morgan fingerprint density at radius 1 is 1.16 bits per heavy atom. The number of nitrogens with zero attached hydrogens (tertiary/aromatic N) is 1. The van der Waals surface area contributed by atoms with E-state index in [2.05, 4.69) is 55.3 Å². The van der Waals surface area contributed by atoms with Crippen LogP contribution >= 0.6 is 0 Å². The Balaban J connectivity index is 2.43. The lowest BCUT2D eigenvalue weighted by molar-refractivity contribution is 0.371. The van der Waals surface area contributed by atoms with Crippen molar-refractivity contribution in [2.45, 2.75) is 39.7 Å². The molecule has 0 aliphatic heterocycles. The molecule has 0 spiro atoms. The first kappa shape index (κ1) is 14.0. The molecule has 0 radical (unpaired) electrons. The van der Waals surface area contributed by atoms with Gasteiger partial charge in [-0.15, -0.1) is 0 Å². The van der Waals surface area contributed by atoms with E-state index in [1.54, 1.807) is 0 Å². The molecule has 2 heteroatoms. The standard InChI is InChI=1S/C17H24N2/c1-4-8-13(3)16(18-5-2)15-11-6-9-14-10-7-12-19-17(14)15/h6-7,9-13,16,18H,4-5,8H2,1-3H3. The van der Waals surface area contributed by atoms with Gasteiger partial charge in [-0.2, -0.15) is 0 Å². The summed E-state index contributed by atoms with van der Waals surface area (Å²) in [6.45, 7) is 7.74. The molecule has 2 rings (SSSR count). The van der Waals surface area contributed by atoms with E-state index in [0.29, 0.717) is 12.0 Å². The summed E-state index contributed by atoms with van der Waals surface area (Å²) in [6, 6.07) is 11.0. The molecule has 2 unspecified atom stereocenters. The molecular formula is C17H24N2. The molecule has 0 saturated carbocycles. The minimum absolute atomic E-state index is 0.392. The van der Waals surface area contributed by atoms with Crippen molar-refractivity contribution in [3.8, 4) is 0 Å². The summed E-state index contributed by atoms with van der Waals surface area (Å²) >= 11 is 0. The van der Waals surface area contributed by atoms with Gasteiger partial charge in [0.1, 0.15) is 0 Å². The van der Waals surface area contributed by atoms with Crippen LogP contribution in [0.2, 0.25) is 0 Å². The second kappa shape index (κ2) is 6.67. The fourth-order valence-electron chi connectivity index (χ4n) is 2.84. The van der Waals surface area contributed by atoms with Crippen LogP contribution in [0.5, 0.6) is 0 Å². The number of rotatable bonds is 6. The van der Waals surface area contributed by atoms with Gasteiger partial charge in [-0.25, -0.2) is 0 Å². The number of benzene rings is 1. The van der Waals surface area contributed by atoms with Gasteiger partial charge in [0, 0.05) is 17.6 Å². The average Bonchev–Trinajstić information content (AvgIpc) is 2.44. The van der Waals surface area contributed by atoms with Crippen molar-refractivity contribution in [1.29, 1.82) is 0 Å². The molecule has 2 nitrogen and oxygen atoms in total. The number of para-hydroxylation sites is 1. The van der Waals surface area contributed by atoms with Crippen LogP contribution in [0.15, 0.2) is 36.5 Å². The van der Waals surface area contributed by atoms with E-state index in [1.807, 2.05) is 12.3 Å². The number of nitrogens with one attached hydrogen (secondary N) is 1. The lowest BCUT2D eigenvalue weighted by atomic mass is 9.89. The van der Waals surface area contributed by atoms with E-state index in [9.17, 15) is 0 Å². The smallest absolute Gasteiger partial charge is 0.0749 e. The number of aromatic nitrogens is 1. The Labute approximate surface area is 116 Å². The van der Waals surface area contributed by atoms with Crippen LogP contribution in [-0.4, -0.2) is 11.5 Å². The summed E-state index contributed by atoms with van der Waals surface area (Å²) in [7, 11) is 0. The van der Waals surface area contributed by atoms with Gasteiger partial charge in [-0.05, 0) is 30.5 Å². The number of hydrogen-bond donors (Lipinski definition) is 1. The van der Waals surface area contributed by atoms with Crippen LogP contribution < -0.4 is 5.32 Å². The molecule has 0 amide bonds. The molecule has 1 heterocycles. The summed E-state index contributed by atoms with van der Waals surface area (Å²) < 4.78 is 0. The molecule has 19 heavy (non-hydrogen) atoms. The van der Waals surface area contributed by atoms with E-state index in [0.717, 1.165) is 12.1 Å². The Morgan fingerprint density at radius 3 is 2.68 bits per heavy atom. The molecule has 0 aliphatic rings. The highest BCUT2D eigenvalue weighted by molar-refractivity contribution is 5.82. The average molecular weight is 256 g/mol. The third-order valence-electron chi connectivity index (χ3n) is 3.74. The largest absolute Gasteiger partial charge is 0.310 e. The van der Waals surface area contributed by atoms with Crippen LogP contribution in [0.25, 0.3) is 10.9 Å². The normalized spacial score (nSPS) is 14.5. The van der Waals surface area contributed by atoms with E-state index in [1.165, 1.54) is 23.8 Å². The molecule has 102 valence electrons. The lowest BCUT2D eigenvalue weighted by Crippen LogP contribution is -2.27. The second-order valence-electron chi connectivity index (χ2n) is 5.22. The summed E-state index contributed by atoms with van der Waals surface area (Å²) in [5.41, 5.74) is 2.47. The predicted octanol–water partition coefficient (Wildman–Crippen LogP) is 4.32. The predicted molar refractivity (Wildman–Crippen MR) is 82.2 cm³/mol. The molecule has 1 N–H and O–H groups in total. The highest BCUT2D eigenvalue weighted by Crippen LogP contribution is 2.29. The fourth-order valence-corrected chi connectivity index (χ4v) is 2.84. The van der Waals surface area contributed by atoms with Gasteiger partial charge in [0.2, 0.25) is 0 Å². The second-order valence-corrected chi connectivity index (χ2v) is 5.22. The number of pyridine rings is 1. The Bertz CT molecular complexity index is 516. The van der Waals surface area contributed by atoms with E-state index in [-0.39, 0.29) is 0 Å².